The van der Waals surface area contributed by atoms with Crippen LogP contribution in [0.25, 0.3) is 5.69 Å². The van der Waals surface area contributed by atoms with E-state index in [1.807, 2.05) is 0 Å². The summed E-state index contributed by atoms with van der Waals surface area (Å²) in [6, 6.07) is 4.73. The molecule has 0 saturated heterocycles. The number of methoxy groups -OCH3 is 1. The molecule has 0 amide bonds. The molecule has 0 aliphatic carbocycles. The van der Waals surface area contributed by atoms with Crippen LogP contribution in [0.15, 0.2) is 24.4 Å². The molecule has 0 aliphatic rings. The van der Waals surface area contributed by atoms with Crippen molar-refractivity contribution in [2.75, 3.05) is 7.11 Å². The van der Waals surface area contributed by atoms with Crippen molar-refractivity contribution in [1.82, 2.24) is 9.78 Å². The number of hydrogen-bond donors (Lipinski definition) is 0. The Morgan fingerprint density at radius 3 is 2.74 bits per heavy atom. The highest BCUT2D eigenvalue weighted by atomic mass is 35.5. The van der Waals surface area contributed by atoms with Gasteiger partial charge in [0, 0.05) is 5.02 Å². The number of halogens is 2. The van der Waals surface area contributed by atoms with Crippen LogP contribution in [0.1, 0.15) is 20.8 Å². The van der Waals surface area contributed by atoms with E-state index in [-0.39, 0.29) is 11.3 Å². The Morgan fingerprint density at radius 1 is 1.42 bits per heavy atom. The van der Waals surface area contributed by atoms with Gasteiger partial charge in [-0.25, -0.2) is 9.48 Å². The van der Waals surface area contributed by atoms with Crippen LogP contribution < -0.4 is 0 Å². The zero-order chi connectivity index (χ0) is 14.0. The van der Waals surface area contributed by atoms with Crippen LogP contribution in [-0.2, 0) is 4.74 Å². The fourth-order valence-corrected chi connectivity index (χ4v) is 2.07. The summed E-state index contributed by atoms with van der Waals surface area (Å²) in [4.78, 5) is 22.6. The molecule has 2 aromatic rings. The van der Waals surface area contributed by atoms with E-state index in [2.05, 4.69) is 9.84 Å². The molecule has 0 unspecified atom stereocenters. The maximum atomic E-state index is 11.5. The van der Waals surface area contributed by atoms with E-state index in [1.54, 1.807) is 12.1 Å². The van der Waals surface area contributed by atoms with Gasteiger partial charge in [0.25, 0.3) is 0 Å². The van der Waals surface area contributed by atoms with Crippen LogP contribution in [0, 0.1) is 0 Å². The number of aldehydes is 1. The third-order valence-electron chi connectivity index (χ3n) is 2.46. The first-order valence-electron chi connectivity index (χ1n) is 5.15. The first kappa shape index (κ1) is 13.6. The van der Waals surface area contributed by atoms with Gasteiger partial charge < -0.3 is 4.74 Å². The number of esters is 1. The standard InChI is InChI=1S/C12H8Cl2N2O3/c1-19-12(18)8-5-15-16(11(8)6-17)10-3-2-7(13)4-9(10)14/h2-6H,1H3. The van der Waals surface area contributed by atoms with Crippen LogP contribution in [0.4, 0.5) is 0 Å². The maximum Gasteiger partial charge on any atom is 0.341 e. The summed E-state index contributed by atoms with van der Waals surface area (Å²) >= 11 is 11.8. The van der Waals surface area contributed by atoms with Gasteiger partial charge in [0.1, 0.15) is 11.3 Å². The van der Waals surface area contributed by atoms with Crippen molar-refractivity contribution in [3.05, 3.63) is 45.7 Å². The largest absolute Gasteiger partial charge is 0.465 e. The number of carbonyl (C=O) groups is 2. The van der Waals surface area contributed by atoms with Gasteiger partial charge >= 0.3 is 5.97 Å². The van der Waals surface area contributed by atoms with E-state index in [4.69, 9.17) is 23.2 Å². The summed E-state index contributed by atoms with van der Waals surface area (Å²) in [5.74, 6) is -0.640. The average Bonchev–Trinajstić information content (AvgIpc) is 2.81. The van der Waals surface area contributed by atoms with Crippen LogP contribution in [-0.4, -0.2) is 29.1 Å². The lowest BCUT2D eigenvalue weighted by Gasteiger charge is -2.06. The van der Waals surface area contributed by atoms with E-state index in [9.17, 15) is 9.59 Å². The maximum absolute atomic E-state index is 11.5. The molecule has 1 aromatic carbocycles. The zero-order valence-corrected chi connectivity index (χ0v) is 11.3. The van der Waals surface area contributed by atoms with Gasteiger partial charge in [0.2, 0.25) is 0 Å². The van der Waals surface area contributed by atoms with E-state index in [1.165, 1.54) is 24.1 Å². The van der Waals surface area contributed by atoms with Crippen molar-refractivity contribution in [3.8, 4) is 5.69 Å². The normalized spacial score (nSPS) is 10.3. The van der Waals surface area contributed by atoms with E-state index < -0.39 is 5.97 Å². The molecule has 2 rings (SSSR count). The summed E-state index contributed by atoms with van der Waals surface area (Å²) in [7, 11) is 1.23. The lowest BCUT2D eigenvalue weighted by molar-refractivity contribution is 0.0598. The monoisotopic (exact) mass is 298 g/mol. The predicted octanol–water partition coefficient (Wildman–Crippen LogP) is 2.78. The number of aromatic nitrogens is 2. The Hall–Kier alpha value is -1.85. The molecule has 0 N–H and O–H groups in total. The summed E-state index contributed by atoms with van der Waals surface area (Å²) in [5.41, 5.74) is 0.586. The van der Waals surface area contributed by atoms with Gasteiger partial charge in [0.05, 0.1) is 24.0 Å². The molecule has 7 heteroatoms. The molecule has 5 nitrogen and oxygen atoms in total. The van der Waals surface area contributed by atoms with Crippen molar-refractivity contribution in [2.45, 2.75) is 0 Å². The van der Waals surface area contributed by atoms with Gasteiger partial charge in [-0.2, -0.15) is 5.10 Å². The van der Waals surface area contributed by atoms with Crippen molar-refractivity contribution in [2.24, 2.45) is 0 Å². The SMILES string of the molecule is COC(=O)c1cnn(-c2ccc(Cl)cc2Cl)c1C=O. The molecule has 98 valence electrons. The fourth-order valence-electron chi connectivity index (χ4n) is 1.58. The Kier molecular flexibility index (Phi) is 3.87. The number of carbonyl (C=O) groups excluding carboxylic acids is 2. The highest BCUT2D eigenvalue weighted by molar-refractivity contribution is 6.35. The minimum absolute atomic E-state index is 0.0658. The molecule has 0 bridgehead atoms. The molecule has 0 fully saturated rings. The first-order chi connectivity index (χ1) is 9.08. The molecule has 19 heavy (non-hydrogen) atoms. The van der Waals surface area contributed by atoms with E-state index in [0.29, 0.717) is 22.0 Å². The van der Waals surface area contributed by atoms with Crippen molar-refractivity contribution in [1.29, 1.82) is 0 Å². The topological polar surface area (TPSA) is 61.2 Å². The molecular weight excluding hydrogens is 291 g/mol. The van der Waals surface area contributed by atoms with Crippen molar-refractivity contribution < 1.29 is 14.3 Å². The van der Waals surface area contributed by atoms with Gasteiger partial charge in [0.15, 0.2) is 6.29 Å². The molecule has 0 atom stereocenters. The molecule has 0 saturated carbocycles. The Bertz CT molecular complexity index is 652. The van der Waals surface area contributed by atoms with Gasteiger partial charge in [-0.05, 0) is 18.2 Å². The number of nitrogens with zero attached hydrogens (tertiary/aromatic N) is 2. The van der Waals surface area contributed by atoms with Gasteiger partial charge in [-0.3, -0.25) is 4.79 Å². The zero-order valence-electron chi connectivity index (χ0n) is 9.76. The lowest BCUT2D eigenvalue weighted by atomic mass is 10.2. The third-order valence-corrected chi connectivity index (χ3v) is 3.00. The van der Waals surface area contributed by atoms with Crippen LogP contribution in [0.2, 0.25) is 10.0 Å². The van der Waals surface area contributed by atoms with E-state index >= 15 is 0 Å². The molecule has 1 heterocycles. The molecule has 0 spiro atoms. The van der Waals surface area contributed by atoms with Crippen LogP contribution in [0.5, 0.6) is 0 Å². The van der Waals surface area contributed by atoms with Crippen molar-refractivity contribution >= 4 is 35.5 Å². The highest BCUT2D eigenvalue weighted by Gasteiger charge is 2.19. The number of benzene rings is 1. The average molecular weight is 299 g/mol. The lowest BCUT2D eigenvalue weighted by Crippen LogP contribution is -2.07. The number of hydrogen-bond acceptors (Lipinski definition) is 4. The molecule has 0 radical (unpaired) electrons. The first-order valence-corrected chi connectivity index (χ1v) is 5.91. The summed E-state index contributed by atoms with van der Waals surface area (Å²) in [5, 5.41) is 4.75. The fraction of sp³-hybridized carbons (Fsp3) is 0.0833. The summed E-state index contributed by atoms with van der Waals surface area (Å²) < 4.78 is 5.83. The minimum Gasteiger partial charge on any atom is -0.465 e. The highest BCUT2D eigenvalue weighted by Crippen LogP contribution is 2.25. The Balaban J connectivity index is 2.60. The number of rotatable bonds is 3. The summed E-state index contributed by atoms with van der Waals surface area (Å²) in [6.45, 7) is 0. The number of ether oxygens (including phenoxy) is 1. The molecule has 0 aliphatic heterocycles. The second-order valence-electron chi connectivity index (χ2n) is 3.56. The second-order valence-corrected chi connectivity index (χ2v) is 4.40. The molecule has 1 aromatic heterocycles. The predicted molar refractivity (Wildman–Crippen MR) is 70.3 cm³/mol. The van der Waals surface area contributed by atoms with Crippen molar-refractivity contribution in [3.63, 3.8) is 0 Å². The van der Waals surface area contributed by atoms with E-state index in [0.717, 1.165) is 0 Å². The summed E-state index contributed by atoms with van der Waals surface area (Å²) in [6.07, 6.45) is 1.77. The Morgan fingerprint density at radius 2 is 2.16 bits per heavy atom. The van der Waals surface area contributed by atoms with Crippen LogP contribution in [0.3, 0.4) is 0 Å². The second kappa shape index (κ2) is 5.42. The van der Waals surface area contributed by atoms with Gasteiger partial charge in [-0.1, -0.05) is 23.2 Å². The van der Waals surface area contributed by atoms with Gasteiger partial charge in [-0.15, -0.1) is 0 Å². The third kappa shape index (κ3) is 2.47. The minimum atomic E-state index is -0.640. The quantitative estimate of drug-likeness (QED) is 0.646. The molecular formula is C12H8Cl2N2O3. The van der Waals surface area contributed by atoms with Crippen LogP contribution >= 0.6 is 23.2 Å². The Labute approximate surface area is 118 Å². The smallest absolute Gasteiger partial charge is 0.341 e.